The number of imidazole rings is 1. The first-order valence-electron chi connectivity index (χ1n) is 9.89. The van der Waals surface area contributed by atoms with Crippen LogP contribution in [0.3, 0.4) is 0 Å². The van der Waals surface area contributed by atoms with Gasteiger partial charge in [0.25, 0.3) is 5.56 Å². The summed E-state index contributed by atoms with van der Waals surface area (Å²) in [5.74, 6) is -0.530. The van der Waals surface area contributed by atoms with Crippen molar-refractivity contribution in [3.05, 3.63) is 64.3 Å². The summed E-state index contributed by atoms with van der Waals surface area (Å²) in [6.07, 6.45) is 7.13. The molecule has 3 aromatic heterocycles. The second kappa shape index (κ2) is 6.77. The molecule has 148 valence electrons. The molecule has 1 saturated heterocycles. The van der Waals surface area contributed by atoms with E-state index in [9.17, 15) is 4.79 Å². The van der Waals surface area contributed by atoms with E-state index in [-0.39, 0.29) is 17.0 Å². The van der Waals surface area contributed by atoms with Crippen molar-refractivity contribution in [1.29, 1.82) is 0 Å². The van der Waals surface area contributed by atoms with Crippen LogP contribution in [-0.2, 0) is 0 Å². The molecule has 1 fully saturated rings. The highest BCUT2D eigenvalue weighted by molar-refractivity contribution is 5.84. The zero-order valence-corrected chi connectivity index (χ0v) is 16.4. The summed E-state index contributed by atoms with van der Waals surface area (Å²) in [4.78, 5) is 21.9. The number of benzene rings is 1. The van der Waals surface area contributed by atoms with E-state index < -0.39 is 5.82 Å². The lowest BCUT2D eigenvalue weighted by Crippen LogP contribution is -2.34. The second-order valence-corrected chi connectivity index (χ2v) is 7.82. The van der Waals surface area contributed by atoms with Gasteiger partial charge in [-0.05, 0) is 74.7 Å². The first-order chi connectivity index (χ1) is 14.0. The van der Waals surface area contributed by atoms with Crippen molar-refractivity contribution >= 4 is 16.6 Å². The Morgan fingerprint density at radius 2 is 1.90 bits per heavy atom. The zero-order chi connectivity index (χ0) is 20.1. The van der Waals surface area contributed by atoms with Crippen LogP contribution in [0, 0.1) is 19.7 Å². The molecule has 0 aliphatic carbocycles. The van der Waals surface area contributed by atoms with E-state index in [1.165, 1.54) is 6.07 Å². The standard InChI is InChI=1S/C22H22FN5O/c1-13-7-16(11-27-10-14(2)26-21(13)27)15-8-18(23)20-19(9-15)25-12-28(22(20)29)17-3-5-24-6-4-17/h7-12,17,24H,3-6H2,1-2H3. The van der Waals surface area contributed by atoms with Crippen LogP contribution in [0.5, 0.6) is 0 Å². The summed E-state index contributed by atoms with van der Waals surface area (Å²) in [7, 11) is 0. The van der Waals surface area contributed by atoms with Crippen LogP contribution < -0.4 is 10.9 Å². The number of hydrogen-bond donors (Lipinski definition) is 1. The highest BCUT2D eigenvalue weighted by Crippen LogP contribution is 2.27. The molecule has 1 aliphatic rings. The molecule has 1 N–H and O–H groups in total. The number of aromatic nitrogens is 4. The smallest absolute Gasteiger partial charge is 0.264 e. The average molecular weight is 391 g/mol. The molecule has 4 heterocycles. The largest absolute Gasteiger partial charge is 0.317 e. The number of rotatable bonds is 2. The lowest BCUT2D eigenvalue weighted by Gasteiger charge is -2.24. The van der Waals surface area contributed by atoms with Gasteiger partial charge in [-0.1, -0.05) is 0 Å². The van der Waals surface area contributed by atoms with Gasteiger partial charge in [-0.15, -0.1) is 0 Å². The third-order valence-electron chi connectivity index (χ3n) is 5.73. The molecule has 1 aromatic carbocycles. The average Bonchev–Trinajstić information content (AvgIpc) is 3.09. The van der Waals surface area contributed by atoms with Gasteiger partial charge in [0, 0.05) is 18.4 Å². The molecule has 6 nitrogen and oxygen atoms in total. The molecule has 4 aromatic rings. The summed E-state index contributed by atoms with van der Waals surface area (Å²) < 4.78 is 18.6. The predicted molar refractivity (Wildman–Crippen MR) is 111 cm³/mol. The van der Waals surface area contributed by atoms with E-state index in [1.54, 1.807) is 17.0 Å². The number of nitrogens with zero attached hydrogens (tertiary/aromatic N) is 4. The third kappa shape index (κ3) is 3.02. The van der Waals surface area contributed by atoms with E-state index in [0.29, 0.717) is 11.1 Å². The number of halogens is 1. The van der Waals surface area contributed by atoms with Gasteiger partial charge in [0.1, 0.15) is 16.9 Å². The number of pyridine rings is 1. The normalized spacial score (nSPS) is 15.4. The van der Waals surface area contributed by atoms with Crippen molar-refractivity contribution < 1.29 is 4.39 Å². The molecule has 29 heavy (non-hydrogen) atoms. The van der Waals surface area contributed by atoms with Gasteiger partial charge in [-0.25, -0.2) is 14.4 Å². The Bertz CT molecular complexity index is 1300. The second-order valence-electron chi connectivity index (χ2n) is 7.82. The van der Waals surface area contributed by atoms with Gasteiger partial charge >= 0.3 is 0 Å². The summed E-state index contributed by atoms with van der Waals surface area (Å²) in [5.41, 5.74) is 4.45. The number of aryl methyl sites for hydroxylation is 2. The maximum absolute atomic E-state index is 15.1. The summed E-state index contributed by atoms with van der Waals surface area (Å²) in [5, 5.41) is 3.34. The van der Waals surface area contributed by atoms with Crippen molar-refractivity contribution in [3.8, 4) is 11.1 Å². The van der Waals surface area contributed by atoms with Crippen molar-refractivity contribution in [3.63, 3.8) is 0 Å². The molecule has 5 rings (SSSR count). The Balaban J connectivity index is 1.64. The van der Waals surface area contributed by atoms with Crippen LogP contribution in [0.25, 0.3) is 27.7 Å². The minimum Gasteiger partial charge on any atom is -0.317 e. The highest BCUT2D eigenvalue weighted by Gasteiger charge is 2.19. The Kier molecular flexibility index (Phi) is 4.20. The maximum Gasteiger partial charge on any atom is 0.264 e. The lowest BCUT2D eigenvalue weighted by atomic mass is 10.0. The molecular formula is C22H22FN5O. The van der Waals surface area contributed by atoms with Crippen LogP contribution in [0.1, 0.15) is 30.1 Å². The Morgan fingerprint density at radius 1 is 1.10 bits per heavy atom. The van der Waals surface area contributed by atoms with Crippen LogP contribution in [0.4, 0.5) is 4.39 Å². The van der Waals surface area contributed by atoms with Crippen LogP contribution >= 0.6 is 0 Å². The topological polar surface area (TPSA) is 64.2 Å². The van der Waals surface area contributed by atoms with Crippen molar-refractivity contribution in [1.82, 2.24) is 24.3 Å². The van der Waals surface area contributed by atoms with Crippen molar-refractivity contribution in [2.75, 3.05) is 13.1 Å². The van der Waals surface area contributed by atoms with Gasteiger partial charge < -0.3 is 9.72 Å². The SMILES string of the molecule is Cc1cn2cc(-c3cc(F)c4c(=O)n(C5CCNCC5)cnc4c3)cc(C)c2n1. The zero-order valence-electron chi connectivity index (χ0n) is 16.4. The minimum atomic E-state index is -0.530. The van der Waals surface area contributed by atoms with Gasteiger partial charge in [0.2, 0.25) is 0 Å². The molecule has 0 atom stereocenters. The summed E-state index contributed by atoms with van der Waals surface area (Å²) in [6.45, 7) is 5.63. The molecule has 0 radical (unpaired) electrons. The third-order valence-corrected chi connectivity index (χ3v) is 5.73. The molecule has 0 spiro atoms. The fourth-order valence-corrected chi connectivity index (χ4v) is 4.27. The van der Waals surface area contributed by atoms with Crippen LogP contribution in [0.15, 0.2) is 41.7 Å². The van der Waals surface area contributed by atoms with Gasteiger partial charge in [-0.2, -0.15) is 0 Å². The van der Waals surface area contributed by atoms with E-state index in [4.69, 9.17) is 0 Å². The number of hydrogen-bond acceptors (Lipinski definition) is 4. The molecule has 7 heteroatoms. The predicted octanol–water partition coefficient (Wildman–Crippen LogP) is 3.39. The Labute approximate surface area is 167 Å². The molecule has 0 unspecified atom stereocenters. The minimum absolute atomic E-state index is 0.0612. The number of nitrogens with one attached hydrogen (secondary N) is 1. The number of piperidine rings is 1. The van der Waals surface area contributed by atoms with Crippen LogP contribution in [-0.4, -0.2) is 32.0 Å². The number of fused-ring (bicyclic) bond motifs is 2. The fraction of sp³-hybridized carbons (Fsp3) is 0.318. The Hall–Kier alpha value is -3.06. The summed E-state index contributed by atoms with van der Waals surface area (Å²) >= 11 is 0. The van der Waals surface area contributed by atoms with Crippen molar-refractivity contribution in [2.24, 2.45) is 0 Å². The van der Waals surface area contributed by atoms with E-state index >= 15 is 4.39 Å². The van der Waals surface area contributed by atoms with E-state index in [2.05, 4.69) is 15.3 Å². The molecule has 0 amide bonds. The fourth-order valence-electron chi connectivity index (χ4n) is 4.27. The first kappa shape index (κ1) is 18.0. The lowest BCUT2D eigenvalue weighted by molar-refractivity contribution is 0.359. The first-order valence-corrected chi connectivity index (χ1v) is 9.89. The monoisotopic (exact) mass is 391 g/mol. The maximum atomic E-state index is 15.1. The molecule has 0 bridgehead atoms. The molecular weight excluding hydrogens is 369 g/mol. The Morgan fingerprint density at radius 3 is 2.69 bits per heavy atom. The highest BCUT2D eigenvalue weighted by atomic mass is 19.1. The van der Waals surface area contributed by atoms with Crippen LogP contribution in [0.2, 0.25) is 0 Å². The molecule has 1 aliphatic heterocycles. The quantitative estimate of drug-likeness (QED) is 0.569. The summed E-state index contributed by atoms with van der Waals surface area (Å²) in [6, 6.07) is 5.27. The molecule has 0 saturated carbocycles. The van der Waals surface area contributed by atoms with Gasteiger partial charge in [-0.3, -0.25) is 9.36 Å². The van der Waals surface area contributed by atoms with E-state index in [0.717, 1.165) is 48.4 Å². The van der Waals surface area contributed by atoms with Gasteiger partial charge in [0.05, 0.1) is 17.5 Å². The van der Waals surface area contributed by atoms with Gasteiger partial charge in [0.15, 0.2) is 0 Å². The van der Waals surface area contributed by atoms with Crippen molar-refractivity contribution in [2.45, 2.75) is 32.7 Å². The van der Waals surface area contributed by atoms with E-state index in [1.807, 2.05) is 36.7 Å².